The predicted octanol–water partition coefficient (Wildman–Crippen LogP) is 3.91. The number of aryl methyl sites for hydroxylation is 1. The van der Waals surface area contributed by atoms with E-state index in [0.717, 1.165) is 60.9 Å². The Hall–Kier alpha value is -3.95. The molecule has 2 aliphatic rings. The summed E-state index contributed by atoms with van der Waals surface area (Å²) in [5.74, 6) is 0.330. The molecule has 0 bridgehead atoms. The molecule has 7 rings (SSSR count). The highest BCUT2D eigenvalue weighted by atomic mass is 16.5. The number of hydrogen-bond acceptors (Lipinski definition) is 6. The maximum Gasteiger partial charge on any atom is 0.259 e. The monoisotopic (exact) mass is 538 g/mol. The molecule has 0 saturated carbocycles. The van der Waals surface area contributed by atoms with Crippen molar-refractivity contribution < 1.29 is 9.53 Å². The van der Waals surface area contributed by atoms with Crippen molar-refractivity contribution in [3.8, 4) is 0 Å². The normalized spacial score (nSPS) is 18.0. The van der Waals surface area contributed by atoms with Gasteiger partial charge in [0.1, 0.15) is 17.0 Å². The molecule has 40 heavy (non-hydrogen) atoms. The highest BCUT2D eigenvalue weighted by Crippen LogP contribution is 2.29. The van der Waals surface area contributed by atoms with E-state index in [-0.39, 0.29) is 23.0 Å². The fourth-order valence-corrected chi connectivity index (χ4v) is 6.32. The van der Waals surface area contributed by atoms with Crippen molar-refractivity contribution in [2.45, 2.75) is 31.8 Å². The average Bonchev–Trinajstić information content (AvgIpc) is 3.74. The summed E-state index contributed by atoms with van der Waals surface area (Å²) in [6.07, 6.45) is 4.65. The fraction of sp³-hybridized carbons (Fsp3) is 0.387. The summed E-state index contributed by atoms with van der Waals surface area (Å²) in [6.45, 7) is 4.86. The summed E-state index contributed by atoms with van der Waals surface area (Å²) in [5, 5.41) is 9.03. The number of pyridine rings is 2. The third-order valence-corrected chi connectivity index (χ3v) is 8.43. The number of carbonyl (C=O) groups excluding carboxylic acids is 1. The first-order valence-corrected chi connectivity index (χ1v) is 14.3. The number of likely N-dealkylation sites (tertiary alicyclic amines) is 1. The number of nitrogens with one attached hydrogen (secondary N) is 2. The van der Waals surface area contributed by atoms with E-state index in [2.05, 4.69) is 39.8 Å². The van der Waals surface area contributed by atoms with Gasteiger partial charge in [-0.25, -0.2) is 4.98 Å². The van der Waals surface area contributed by atoms with Gasteiger partial charge in [0.15, 0.2) is 5.65 Å². The Bertz CT molecular complexity index is 1810. The van der Waals surface area contributed by atoms with Crippen LogP contribution in [0.5, 0.6) is 0 Å². The minimum atomic E-state index is -0.348. The van der Waals surface area contributed by atoms with Gasteiger partial charge in [-0.3, -0.25) is 14.0 Å². The lowest BCUT2D eigenvalue weighted by molar-refractivity contribution is 0.0950. The first kappa shape index (κ1) is 25.0. The smallest absolute Gasteiger partial charge is 0.259 e. The summed E-state index contributed by atoms with van der Waals surface area (Å²) >= 11 is 0. The van der Waals surface area contributed by atoms with Gasteiger partial charge in [0, 0.05) is 33.3 Å². The second-order valence-corrected chi connectivity index (χ2v) is 11.0. The lowest BCUT2D eigenvalue weighted by Gasteiger charge is -2.15. The van der Waals surface area contributed by atoms with Crippen LogP contribution in [-0.2, 0) is 11.8 Å². The van der Waals surface area contributed by atoms with Gasteiger partial charge in [-0.15, -0.1) is 0 Å². The lowest BCUT2D eigenvalue weighted by Crippen LogP contribution is -2.36. The Balaban J connectivity index is 1.39. The molecule has 0 aliphatic carbocycles. The molecule has 2 aromatic carbocycles. The van der Waals surface area contributed by atoms with E-state index in [4.69, 9.17) is 9.72 Å². The van der Waals surface area contributed by atoms with E-state index in [9.17, 15) is 9.59 Å². The summed E-state index contributed by atoms with van der Waals surface area (Å²) < 4.78 is 9.69. The van der Waals surface area contributed by atoms with E-state index in [1.54, 1.807) is 6.07 Å². The van der Waals surface area contributed by atoms with E-state index in [1.807, 2.05) is 34.2 Å². The van der Waals surface area contributed by atoms with Crippen LogP contribution in [-0.4, -0.2) is 70.2 Å². The number of imidazole rings is 1. The van der Waals surface area contributed by atoms with Crippen molar-refractivity contribution in [3.63, 3.8) is 0 Å². The van der Waals surface area contributed by atoms with Crippen LogP contribution in [0.1, 0.15) is 36.0 Å². The molecule has 9 heteroatoms. The second kappa shape index (κ2) is 10.2. The van der Waals surface area contributed by atoms with Crippen LogP contribution < -0.4 is 16.1 Å². The first-order chi connectivity index (χ1) is 19.6. The van der Waals surface area contributed by atoms with Gasteiger partial charge in [-0.05, 0) is 73.8 Å². The molecule has 0 spiro atoms. The molecule has 5 heterocycles. The summed E-state index contributed by atoms with van der Waals surface area (Å²) in [4.78, 5) is 34.9. The molecule has 5 aromatic rings. The van der Waals surface area contributed by atoms with Crippen LogP contribution in [0.3, 0.4) is 0 Å². The summed E-state index contributed by atoms with van der Waals surface area (Å²) in [5.41, 5.74) is 2.75. The number of ether oxygens (including phenoxy) is 1. The molecule has 3 aromatic heterocycles. The number of anilines is 1. The van der Waals surface area contributed by atoms with Gasteiger partial charge in [0.05, 0.1) is 22.5 Å². The van der Waals surface area contributed by atoms with Crippen molar-refractivity contribution >= 4 is 50.2 Å². The largest absolute Gasteiger partial charge is 0.376 e. The van der Waals surface area contributed by atoms with Crippen molar-refractivity contribution in [1.29, 1.82) is 0 Å². The quantitative estimate of drug-likeness (QED) is 0.327. The SMILES string of the molecule is Cn1c2cc3ccccc3cc2n2c3nc(NC[C@H]4CCCO4)ccc3c(=O)c(C(=O)NCCN3CCCC3)c12. The molecular weight excluding hydrogens is 504 g/mol. The molecule has 0 radical (unpaired) electrons. The number of hydrogen-bond donors (Lipinski definition) is 2. The number of amides is 1. The fourth-order valence-electron chi connectivity index (χ4n) is 6.32. The zero-order chi connectivity index (χ0) is 27.2. The molecule has 2 aliphatic heterocycles. The van der Waals surface area contributed by atoms with Crippen LogP contribution in [0.25, 0.3) is 38.5 Å². The Morgan fingerprint density at radius 3 is 2.58 bits per heavy atom. The van der Waals surface area contributed by atoms with Crippen molar-refractivity contribution in [1.82, 2.24) is 24.2 Å². The van der Waals surface area contributed by atoms with E-state index in [1.165, 1.54) is 12.8 Å². The van der Waals surface area contributed by atoms with Gasteiger partial charge in [0.25, 0.3) is 5.91 Å². The third-order valence-electron chi connectivity index (χ3n) is 8.43. The number of fused-ring (bicyclic) bond motifs is 6. The van der Waals surface area contributed by atoms with Crippen molar-refractivity contribution in [2.75, 3.05) is 44.6 Å². The Morgan fingerprint density at radius 1 is 1.05 bits per heavy atom. The maximum atomic E-state index is 14.0. The maximum absolute atomic E-state index is 14.0. The van der Waals surface area contributed by atoms with Gasteiger partial charge in [0.2, 0.25) is 5.43 Å². The van der Waals surface area contributed by atoms with Gasteiger partial charge in [-0.2, -0.15) is 0 Å². The van der Waals surface area contributed by atoms with Crippen molar-refractivity contribution in [2.24, 2.45) is 7.05 Å². The molecule has 2 fully saturated rings. The van der Waals surface area contributed by atoms with Crippen LogP contribution in [0.15, 0.2) is 53.3 Å². The highest BCUT2D eigenvalue weighted by molar-refractivity contribution is 6.07. The molecule has 9 nitrogen and oxygen atoms in total. The van der Waals surface area contributed by atoms with Crippen molar-refractivity contribution in [3.05, 3.63) is 64.3 Å². The minimum absolute atomic E-state index is 0.151. The Kier molecular flexibility index (Phi) is 6.40. The highest BCUT2D eigenvalue weighted by Gasteiger charge is 2.25. The van der Waals surface area contributed by atoms with E-state index in [0.29, 0.717) is 35.6 Å². The van der Waals surface area contributed by atoms with Crippen LogP contribution in [0, 0.1) is 0 Å². The molecule has 2 N–H and O–H groups in total. The molecule has 1 atom stereocenters. The second-order valence-electron chi connectivity index (χ2n) is 11.0. The number of carbonyl (C=O) groups is 1. The number of benzene rings is 2. The first-order valence-electron chi connectivity index (χ1n) is 14.3. The third kappa shape index (κ3) is 4.30. The zero-order valence-corrected chi connectivity index (χ0v) is 22.8. The van der Waals surface area contributed by atoms with Crippen LogP contribution >= 0.6 is 0 Å². The van der Waals surface area contributed by atoms with Gasteiger partial charge >= 0.3 is 0 Å². The number of aromatic nitrogens is 3. The standard InChI is InChI=1S/C31H34N6O3/c1-35-24-17-20-7-2-3-8-21(20)18-25(24)37-29-23(10-11-26(34-29)33-19-22-9-6-16-40-22)28(38)27(31(35)37)30(39)32-12-15-36-13-4-5-14-36/h2-3,7-8,10-11,17-18,22H,4-6,9,12-16,19H2,1H3,(H,32,39)(H,33,34)/t22-/m1/s1. The minimum Gasteiger partial charge on any atom is -0.376 e. The van der Waals surface area contributed by atoms with Gasteiger partial charge in [-0.1, -0.05) is 24.3 Å². The number of rotatable bonds is 7. The molecule has 2 saturated heterocycles. The number of nitrogens with zero attached hydrogens (tertiary/aromatic N) is 4. The average molecular weight is 539 g/mol. The van der Waals surface area contributed by atoms with Gasteiger partial charge < -0.3 is 24.8 Å². The zero-order valence-electron chi connectivity index (χ0n) is 22.8. The van der Waals surface area contributed by atoms with Crippen LogP contribution in [0.4, 0.5) is 5.82 Å². The lowest BCUT2D eigenvalue weighted by atomic mass is 10.1. The topological polar surface area (TPSA) is 92.9 Å². The van der Waals surface area contributed by atoms with E-state index >= 15 is 0 Å². The Morgan fingerprint density at radius 2 is 1.82 bits per heavy atom. The molecular formula is C31H34N6O3. The summed E-state index contributed by atoms with van der Waals surface area (Å²) in [6, 6.07) is 16.0. The van der Waals surface area contributed by atoms with Crippen LogP contribution in [0.2, 0.25) is 0 Å². The molecule has 206 valence electrons. The predicted molar refractivity (Wildman–Crippen MR) is 158 cm³/mol. The summed E-state index contributed by atoms with van der Waals surface area (Å²) in [7, 11) is 1.91. The molecule has 0 unspecified atom stereocenters. The molecule has 1 amide bonds. The van der Waals surface area contributed by atoms with E-state index < -0.39 is 0 Å². The Labute approximate surface area is 231 Å².